The van der Waals surface area contributed by atoms with Crippen molar-refractivity contribution < 1.29 is 17.7 Å². The maximum atomic E-state index is 10.5. The van der Waals surface area contributed by atoms with E-state index >= 15 is 0 Å². The standard InChI is InChI=1S/C15H25NO4S2/c1-20-15-9-7-14(8-10-15)6-4-2-3-5-11-16-12-13-21-22(17,18)19/h7-10,16H,2-6,11-13H2,1H3,(H,17,18,19). The highest BCUT2D eigenvalue weighted by molar-refractivity contribution is 8.69. The van der Waals surface area contributed by atoms with E-state index in [4.69, 9.17) is 9.29 Å². The summed E-state index contributed by atoms with van der Waals surface area (Å²) in [7, 11) is -1.66. The summed E-state index contributed by atoms with van der Waals surface area (Å²) in [5, 5.41) is 3.17. The zero-order valence-electron chi connectivity index (χ0n) is 13.0. The first-order valence-corrected chi connectivity index (χ1v) is 10.4. The summed E-state index contributed by atoms with van der Waals surface area (Å²) < 4.78 is 34.6. The van der Waals surface area contributed by atoms with Gasteiger partial charge in [-0.3, -0.25) is 4.55 Å². The molecule has 0 aliphatic heterocycles. The van der Waals surface area contributed by atoms with Gasteiger partial charge in [-0.15, -0.1) is 0 Å². The van der Waals surface area contributed by atoms with Crippen LogP contribution in [0.2, 0.25) is 0 Å². The van der Waals surface area contributed by atoms with Crippen molar-refractivity contribution in [3.05, 3.63) is 29.8 Å². The average molecular weight is 348 g/mol. The van der Waals surface area contributed by atoms with Crippen LogP contribution in [0.15, 0.2) is 24.3 Å². The molecular weight excluding hydrogens is 322 g/mol. The highest BCUT2D eigenvalue weighted by Gasteiger charge is 2.03. The van der Waals surface area contributed by atoms with Gasteiger partial charge in [-0.1, -0.05) is 25.0 Å². The summed E-state index contributed by atoms with van der Waals surface area (Å²) in [4.78, 5) is 0. The minimum Gasteiger partial charge on any atom is -0.497 e. The lowest BCUT2D eigenvalue weighted by Gasteiger charge is -2.05. The third-order valence-electron chi connectivity index (χ3n) is 3.24. The predicted molar refractivity (Wildman–Crippen MR) is 92.0 cm³/mol. The van der Waals surface area contributed by atoms with E-state index in [1.807, 2.05) is 12.1 Å². The van der Waals surface area contributed by atoms with Crippen LogP contribution in [0.4, 0.5) is 0 Å². The molecule has 0 aliphatic rings. The van der Waals surface area contributed by atoms with Crippen molar-refractivity contribution in [3.8, 4) is 5.75 Å². The molecule has 1 rings (SSSR count). The SMILES string of the molecule is COc1ccc(CCCCCCNCCSS(=O)(=O)O)cc1. The number of ether oxygens (including phenoxy) is 1. The molecule has 0 atom stereocenters. The van der Waals surface area contributed by atoms with E-state index in [1.165, 1.54) is 18.4 Å². The quantitative estimate of drug-likeness (QED) is 0.344. The van der Waals surface area contributed by atoms with Gasteiger partial charge in [0.1, 0.15) is 5.75 Å². The fourth-order valence-electron chi connectivity index (χ4n) is 2.07. The molecule has 5 nitrogen and oxygen atoms in total. The number of benzene rings is 1. The molecule has 0 radical (unpaired) electrons. The molecule has 7 heteroatoms. The van der Waals surface area contributed by atoms with Crippen molar-refractivity contribution in [1.29, 1.82) is 0 Å². The van der Waals surface area contributed by atoms with Gasteiger partial charge in [0.15, 0.2) is 0 Å². The molecule has 0 aliphatic carbocycles. The third-order valence-corrected chi connectivity index (χ3v) is 5.30. The molecule has 0 heterocycles. The summed E-state index contributed by atoms with van der Waals surface area (Å²) in [6.45, 7) is 1.48. The van der Waals surface area contributed by atoms with E-state index in [0.29, 0.717) is 23.1 Å². The zero-order chi connectivity index (χ0) is 16.3. The Hall–Kier alpha value is -0.760. The lowest BCUT2D eigenvalue weighted by Crippen LogP contribution is -2.18. The molecule has 0 spiro atoms. The van der Waals surface area contributed by atoms with E-state index in [2.05, 4.69) is 17.4 Å². The molecule has 0 saturated heterocycles. The van der Waals surface area contributed by atoms with E-state index in [0.717, 1.165) is 31.6 Å². The van der Waals surface area contributed by atoms with E-state index in [-0.39, 0.29) is 0 Å². The number of unbranched alkanes of at least 4 members (excludes halogenated alkanes) is 3. The number of hydrogen-bond acceptors (Lipinski definition) is 5. The smallest absolute Gasteiger partial charge is 0.319 e. The molecular formula is C15H25NO4S2. The second-order valence-corrected chi connectivity index (χ2v) is 8.48. The fraction of sp³-hybridized carbons (Fsp3) is 0.600. The Kier molecular flexibility index (Phi) is 9.54. The predicted octanol–water partition coefficient (Wildman–Crippen LogP) is 2.92. The second kappa shape index (κ2) is 10.9. The second-order valence-electron chi connectivity index (χ2n) is 5.01. The van der Waals surface area contributed by atoms with Crippen LogP contribution in [0.25, 0.3) is 0 Å². The number of aryl methyl sites for hydroxylation is 1. The lowest BCUT2D eigenvalue weighted by molar-refractivity contribution is 0.414. The van der Waals surface area contributed by atoms with Crippen LogP contribution in [-0.2, 0) is 15.6 Å². The molecule has 2 N–H and O–H groups in total. The molecule has 0 bridgehead atoms. The average Bonchev–Trinajstić information content (AvgIpc) is 2.48. The van der Waals surface area contributed by atoms with Crippen LogP contribution in [0.1, 0.15) is 31.2 Å². The topological polar surface area (TPSA) is 75.6 Å². The number of rotatable bonds is 12. The molecule has 0 fully saturated rings. The Morgan fingerprint density at radius 2 is 1.77 bits per heavy atom. The Morgan fingerprint density at radius 1 is 1.09 bits per heavy atom. The van der Waals surface area contributed by atoms with E-state index in [9.17, 15) is 8.42 Å². The summed E-state index contributed by atoms with van der Waals surface area (Å²) in [5.41, 5.74) is 1.33. The molecule has 0 amide bonds. The maximum absolute atomic E-state index is 10.5. The number of nitrogens with one attached hydrogen (secondary N) is 1. The van der Waals surface area contributed by atoms with Gasteiger partial charge >= 0.3 is 9.15 Å². The van der Waals surface area contributed by atoms with Crippen LogP contribution in [0, 0.1) is 0 Å². The minimum atomic E-state index is -3.89. The Labute approximate surface area is 137 Å². The van der Waals surface area contributed by atoms with Gasteiger partial charge in [0.05, 0.1) is 7.11 Å². The highest BCUT2D eigenvalue weighted by atomic mass is 33.1. The highest BCUT2D eigenvalue weighted by Crippen LogP contribution is 2.14. The van der Waals surface area contributed by atoms with Gasteiger partial charge in [-0.2, -0.15) is 8.42 Å². The Bertz CT molecular complexity index is 503. The van der Waals surface area contributed by atoms with Crippen LogP contribution in [0.5, 0.6) is 5.75 Å². The minimum absolute atomic E-state index is 0.371. The molecule has 1 aromatic carbocycles. The monoisotopic (exact) mass is 347 g/mol. The first-order valence-electron chi connectivity index (χ1n) is 7.47. The van der Waals surface area contributed by atoms with Crippen molar-refractivity contribution in [2.45, 2.75) is 32.1 Å². The van der Waals surface area contributed by atoms with Crippen molar-refractivity contribution in [2.75, 3.05) is 26.0 Å². The maximum Gasteiger partial charge on any atom is 0.319 e. The summed E-state index contributed by atoms with van der Waals surface area (Å²) in [5.74, 6) is 1.26. The molecule has 1 aromatic rings. The molecule has 0 unspecified atom stereocenters. The molecule has 0 aromatic heterocycles. The first kappa shape index (κ1) is 19.3. The normalized spacial score (nSPS) is 11.5. The number of methoxy groups -OCH3 is 1. The molecule has 126 valence electrons. The Balaban J connectivity index is 1.93. The summed E-state index contributed by atoms with van der Waals surface area (Å²) >= 11 is 0. The van der Waals surface area contributed by atoms with Crippen LogP contribution >= 0.6 is 10.8 Å². The summed E-state index contributed by atoms with van der Waals surface area (Å²) in [6, 6.07) is 8.19. The largest absolute Gasteiger partial charge is 0.497 e. The first-order chi connectivity index (χ1) is 10.5. The van der Waals surface area contributed by atoms with Gasteiger partial charge in [-0.25, -0.2) is 0 Å². The Morgan fingerprint density at radius 3 is 2.41 bits per heavy atom. The van der Waals surface area contributed by atoms with Crippen LogP contribution < -0.4 is 10.1 Å². The van der Waals surface area contributed by atoms with Crippen LogP contribution in [0.3, 0.4) is 0 Å². The van der Waals surface area contributed by atoms with Gasteiger partial charge < -0.3 is 10.1 Å². The van der Waals surface area contributed by atoms with E-state index < -0.39 is 9.15 Å². The number of hydrogen-bond donors (Lipinski definition) is 2. The van der Waals surface area contributed by atoms with Crippen molar-refractivity contribution >= 4 is 19.9 Å². The molecule has 0 saturated carbocycles. The van der Waals surface area contributed by atoms with Gasteiger partial charge in [-0.05, 0) is 54.3 Å². The van der Waals surface area contributed by atoms with Crippen molar-refractivity contribution in [3.63, 3.8) is 0 Å². The molecule has 22 heavy (non-hydrogen) atoms. The van der Waals surface area contributed by atoms with E-state index in [1.54, 1.807) is 7.11 Å². The lowest BCUT2D eigenvalue weighted by atomic mass is 10.1. The van der Waals surface area contributed by atoms with Gasteiger partial charge in [0.25, 0.3) is 0 Å². The summed E-state index contributed by atoms with van der Waals surface area (Å²) in [6.07, 6.45) is 5.69. The fourth-order valence-corrected chi connectivity index (χ4v) is 3.39. The van der Waals surface area contributed by atoms with Gasteiger partial charge in [0, 0.05) is 12.3 Å². The van der Waals surface area contributed by atoms with Gasteiger partial charge in [0.2, 0.25) is 0 Å². The third kappa shape index (κ3) is 10.0. The zero-order valence-corrected chi connectivity index (χ0v) is 14.6. The van der Waals surface area contributed by atoms with Crippen molar-refractivity contribution in [1.82, 2.24) is 5.32 Å². The van der Waals surface area contributed by atoms with Crippen molar-refractivity contribution in [2.24, 2.45) is 0 Å². The van der Waals surface area contributed by atoms with Crippen LogP contribution in [-0.4, -0.2) is 38.9 Å².